The summed E-state index contributed by atoms with van der Waals surface area (Å²) in [7, 11) is -1.80. The normalized spacial score (nSPS) is 29.1. The average molecular weight is 497 g/mol. The minimum Gasteiger partial charge on any atom is -0.466 e. The maximum absolute atomic E-state index is 12.0. The Morgan fingerprint density at radius 1 is 1.09 bits per heavy atom. The number of hydrogen-bond acceptors (Lipinski definition) is 4. The van der Waals surface area contributed by atoms with Crippen molar-refractivity contribution in [3.05, 3.63) is 0 Å². The van der Waals surface area contributed by atoms with Crippen LogP contribution >= 0.6 is 0 Å². The fraction of sp³-hybridized carbons (Fsp3) is 0.966. The fourth-order valence-electron chi connectivity index (χ4n) is 6.72. The summed E-state index contributed by atoms with van der Waals surface area (Å²) in [5.41, 5.74) is -0.279. The highest BCUT2D eigenvalue weighted by molar-refractivity contribution is 6.74. The molecule has 0 aromatic carbocycles. The van der Waals surface area contributed by atoms with Crippen molar-refractivity contribution < 1.29 is 19.1 Å². The van der Waals surface area contributed by atoms with Gasteiger partial charge in [0.2, 0.25) is 0 Å². The van der Waals surface area contributed by atoms with Gasteiger partial charge in [0, 0.05) is 12.5 Å². The highest BCUT2D eigenvalue weighted by Crippen LogP contribution is 2.60. The van der Waals surface area contributed by atoms with E-state index in [1.807, 2.05) is 20.8 Å². The third-order valence-corrected chi connectivity index (χ3v) is 14.1. The molecule has 1 N–H and O–H groups in total. The predicted octanol–water partition coefficient (Wildman–Crippen LogP) is 7.88. The molecule has 0 saturated heterocycles. The van der Waals surface area contributed by atoms with E-state index in [0.29, 0.717) is 42.3 Å². The van der Waals surface area contributed by atoms with Crippen molar-refractivity contribution in [2.45, 2.75) is 149 Å². The lowest BCUT2D eigenvalue weighted by molar-refractivity contribution is -0.143. The van der Waals surface area contributed by atoms with Crippen LogP contribution in [0.15, 0.2) is 0 Å². The van der Waals surface area contributed by atoms with Crippen molar-refractivity contribution in [2.24, 2.45) is 23.2 Å². The van der Waals surface area contributed by atoms with Gasteiger partial charge in [-0.05, 0) is 107 Å². The van der Waals surface area contributed by atoms with Crippen LogP contribution < -0.4 is 0 Å². The van der Waals surface area contributed by atoms with Gasteiger partial charge in [0.25, 0.3) is 0 Å². The summed E-state index contributed by atoms with van der Waals surface area (Å²) in [5.74, 6) is 1.89. The Kier molecular flexibility index (Phi) is 10.3. The van der Waals surface area contributed by atoms with Gasteiger partial charge in [-0.3, -0.25) is 4.79 Å². The third-order valence-electron chi connectivity index (χ3n) is 9.58. The second-order valence-electron chi connectivity index (χ2n) is 13.8. The molecule has 200 valence electrons. The zero-order valence-electron chi connectivity index (χ0n) is 24.0. The van der Waals surface area contributed by atoms with Crippen molar-refractivity contribution in [2.75, 3.05) is 6.61 Å². The molecular weight excluding hydrogens is 440 g/mol. The molecule has 4 nitrogen and oxygen atoms in total. The lowest BCUT2D eigenvalue weighted by Crippen LogP contribution is -2.50. The van der Waals surface area contributed by atoms with Gasteiger partial charge in [-0.15, -0.1) is 0 Å². The molecule has 34 heavy (non-hydrogen) atoms. The maximum atomic E-state index is 12.0. The van der Waals surface area contributed by atoms with Gasteiger partial charge in [0.1, 0.15) is 0 Å². The van der Waals surface area contributed by atoms with Crippen molar-refractivity contribution >= 4 is 14.3 Å². The van der Waals surface area contributed by atoms with E-state index < -0.39 is 13.9 Å². The summed E-state index contributed by atoms with van der Waals surface area (Å²) in [5, 5.41) is 10.5. The Bertz CT molecular complexity index is 647. The molecule has 2 rings (SSSR count). The predicted molar refractivity (Wildman–Crippen MR) is 144 cm³/mol. The van der Waals surface area contributed by atoms with Gasteiger partial charge in [-0.1, -0.05) is 47.0 Å². The first-order chi connectivity index (χ1) is 15.6. The summed E-state index contributed by atoms with van der Waals surface area (Å²) < 4.78 is 12.2. The van der Waals surface area contributed by atoms with E-state index in [0.717, 1.165) is 32.1 Å². The highest BCUT2D eigenvalue weighted by Gasteiger charge is 2.54. The first kappa shape index (κ1) is 29.8. The van der Waals surface area contributed by atoms with E-state index in [2.05, 4.69) is 40.8 Å². The van der Waals surface area contributed by atoms with Gasteiger partial charge in [-0.25, -0.2) is 0 Å². The molecule has 0 amide bonds. The Morgan fingerprint density at radius 2 is 1.74 bits per heavy atom. The Hall–Kier alpha value is -0.393. The lowest BCUT2D eigenvalue weighted by Gasteiger charge is -2.50. The van der Waals surface area contributed by atoms with E-state index in [1.54, 1.807) is 0 Å². The number of carbonyl (C=O) groups is 1. The molecule has 0 heterocycles. The Labute approximate surface area is 212 Å². The van der Waals surface area contributed by atoms with Crippen molar-refractivity contribution in [1.29, 1.82) is 0 Å². The second kappa shape index (κ2) is 11.8. The molecule has 2 aliphatic rings. The SMILES string of the molecule is CCOC(=O)CCC[C@H](CCCC(C)(C)O)[C@H]1CC[C@H]2[C@@H](O[Si](C)(C)C(C)(C)C)CCC[C@]12C. The average Bonchev–Trinajstić information content (AvgIpc) is 3.03. The quantitative estimate of drug-likeness (QED) is 0.220. The summed E-state index contributed by atoms with van der Waals surface area (Å²) >= 11 is 0. The molecule has 0 bridgehead atoms. The van der Waals surface area contributed by atoms with Crippen molar-refractivity contribution in [1.82, 2.24) is 0 Å². The lowest BCUT2D eigenvalue weighted by atomic mass is 9.60. The second-order valence-corrected chi connectivity index (χ2v) is 18.5. The van der Waals surface area contributed by atoms with E-state index in [-0.39, 0.29) is 11.0 Å². The first-order valence-electron chi connectivity index (χ1n) is 14.2. The molecule has 2 fully saturated rings. The van der Waals surface area contributed by atoms with Crippen LogP contribution in [-0.2, 0) is 14.0 Å². The zero-order chi connectivity index (χ0) is 25.8. The molecule has 0 aliphatic heterocycles. The van der Waals surface area contributed by atoms with Gasteiger partial charge in [0.15, 0.2) is 8.32 Å². The smallest absolute Gasteiger partial charge is 0.305 e. The summed E-state index contributed by atoms with van der Waals surface area (Å²) in [4.78, 5) is 12.0. The van der Waals surface area contributed by atoms with Crippen LogP contribution in [0.25, 0.3) is 0 Å². The van der Waals surface area contributed by atoms with E-state index in [9.17, 15) is 9.90 Å². The van der Waals surface area contributed by atoms with Crippen LogP contribution in [0.1, 0.15) is 119 Å². The monoisotopic (exact) mass is 496 g/mol. The third kappa shape index (κ3) is 7.80. The number of ether oxygens (including phenoxy) is 1. The van der Waals surface area contributed by atoms with Crippen LogP contribution in [-0.4, -0.2) is 37.7 Å². The Morgan fingerprint density at radius 3 is 2.32 bits per heavy atom. The van der Waals surface area contributed by atoms with Crippen LogP contribution in [0.5, 0.6) is 0 Å². The van der Waals surface area contributed by atoms with Gasteiger partial charge in [0.05, 0.1) is 12.2 Å². The molecule has 0 aromatic heterocycles. The number of aliphatic hydroxyl groups is 1. The molecule has 5 atom stereocenters. The van der Waals surface area contributed by atoms with Crippen LogP contribution in [0.4, 0.5) is 0 Å². The number of rotatable bonds is 12. The van der Waals surface area contributed by atoms with E-state index >= 15 is 0 Å². The molecule has 0 aromatic rings. The Balaban J connectivity index is 2.14. The highest BCUT2D eigenvalue weighted by atomic mass is 28.4. The summed E-state index contributed by atoms with van der Waals surface area (Å²) in [6.45, 7) is 20.6. The number of fused-ring (bicyclic) bond motifs is 1. The largest absolute Gasteiger partial charge is 0.466 e. The topological polar surface area (TPSA) is 55.8 Å². The molecule has 0 radical (unpaired) electrons. The van der Waals surface area contributed by atoms with Gasteiger partial charge >= 0.3 is 5.97 Å². The van der Waals surface area contributed by atoms with Crippen LogP contribution in [0.3, 0.4) is 0 Å². The van der Waals surface area contributed by atoms with Crippen LogP contribution in [0, 0.1) is 23.2 Å². The first-order valence-corrected chi connectivity index (χ1v) is 17.1. The zero-order valence-corrected chi connectivity index (χ0v) is 25.0. The molecule has 2 saturated carbocycles. The number of carbonyl (C=O) groups excluding carboxylic acids is 1. The summed E-state index contributed by atoms with van der Waals surface area (Å²) in [6, 6.07) is 0. The molecule has 0 spiro atoms. The molecule has 5 heteroatoms. The van der Waals surface area contributed by atoms with Crippen molar-refractivity contribution in [3.8, 4) is 0 Å². The van der Waals surface area contributed by atoms with E-state index in [4.69, 9.17) is 9.16 Å². The number of esters is 1. The van der Waals surface area contributed by atoms with Crippen LogP contribution in [0.2, 0.25) is 18.1 Å². The standard InChI is InChI=1S/C29H56O4Si/c1-10-32-26(30)17-11-14-22(15-12-20-28(5,6)31)23-18-19-24-25(16-13-21-29(23,24)7)33-34(8,9)27(2,3)4/h22-25,31H,10-21H2,1-9H3/t22-,23-,24+,25+,29-/m1/s1. The molecule has 0 unspecified atom stereocenters. The fourth-order valence-corrected chi connectivity index (χ4v) is 8.11. The van der Waals surface area contributed by atoms with Crippen molar-refractivity contribution in [3.63, 3.8) is 0 Å². The van der Waals surface area contributed by atoms with Gasteiger partial charge < -0.3 is 14.3 Å². The number of hydrogen-bond donors (Lipinski definition) is 1. The minimum atomic E-state index is -1.80. The molecular formula is C29H56O4Si. The van der Waals surface area contributed by atoms with Gasteiger partial charge in [-0.2, -0.15) is 0 Å². The van der Waals surface area contributed by atoms with E-state index in [1.165, 1.54) is 32.1 Å². The molecule has 2 aliphatic carbocycles. The minimum absolute atomic E-state index is 0.0613. The maximum Gasteiger partial charge on any atom is 0.305 e. The summed E-state index contributed by atoms with van der Waals surface area (Å²) in [6.07, 6.45) is 12.3.